The van der Waals surface area contributed by atoms with E-state index in [0.29, 0.717) is 0 Å². The predicted molar refractivity (Wildman–Crippen MR) is 80.1 cm³/mol. The smallest absolute Gasteiger partial charge is 0.120 e. The van der Waals surface area contributed by atoms with Crippen molar-refractivity contribution in [3.8, 4) is 5.75 Å². The molecule has 2 rings (SSSR count). The molecule has 1 aromatic rings. The molecule has 0 spiro atoms. The topological polar surface area (TPSA) is 13.7 Å². The lowest BCUT2D eigenvalue weighted by atomic mass is 9.99. The van der Waals surface area contributed by atoms with E-state index in [0.717, 1.165) is 29.7 Å². The van der Waals surface area contributed by atoms with Gasteiger partial charge in [-0.2, -0.15) is 0 Å². The van der Waals surface area contributed by atoms with E-state index in [2.05, 4.69) is 6.92 Å². The fraction of sp³-hybridized carbons (Fsp3) is 0.625. The average Bonchev–Trinajstić information content (AvgIpc) is 2.41. The minimum absolute atomic E-state index is 0.740. The summed E-state index contributed by atoms with van der Waals surface area (Å²) in [5.41, 5.74) is 0. The number of rotatable bonds is 6. The van der Waals surface area contributed by atoms with Crippen LogP contribution in [0.4, 0.5) is 0 Å². The van der Waals surface area contributed by atoms with Gasteiger partial charge in [0.05, 0.1) is 26.2 Å². The first-order chi connectivity index (χ1) is 9.24. The van der Waals surface area contributed by atoms with Gasteiger partial charge in [-0.25, -0.2) is 0 Å². The number of piperidine rings is 1. The Morgan fingerprint density at radius 1 is 1.26 bits per heavy atom. The summed E-state index contributed by atoms with van der Waals surface area (Å²) < 4.78 is 5.70. The molecule has 1 aliphatic heterocycles. The van der Waals surface area contributed by atoms with Crippen molar-refractivity contribution in [1.29, 1.82) is 0 Å². The van der Waals surface area contributed by atoms with Crippen molar-refractivity contribution in [1.82, 2.24) is 0 Å². The van der Waals surface area contributed by atoms with E-state index in [1.54, 1.807) is 4.90 Å². The zero-order chi connectivity index (χ0) is 13.5. The maximum atomic E-state index is 5.91. The summed E-state index contributed by atoms with van der Waals surface area (Å²) in [5, 5.41) is 0.740. The Labute approximate surface area is 121 Å². The second-order valence-corrected chi connectivity index (χ2v) is 6.13. The molecular weight excluding hydrogens is 258 g/mol. The van der Waals surface area contributed by atoms with Gasteiger partial charge in [-0.15, -0.1) is 0 Å². The molecule has 0 unspecified atom stereocenters. The Balaban J connectivity index is 1.55. The van der Waals surface area contributed by atoms with Crippen molar-refractivity contribution in [3.63, 3.8) is 0 Å². The molecule has 1 aliphatic rings. The lowest BCUT2D eigenvalue weighted by Gasteiger charge is -2.27. The van der Waals surface area contributed by atoms with Crippen LogP contribution in [0.15, 0.2) is 24.3 Å². The van der Waals surface area contributed by atoms with Gasteiger partial charge in [-0.1, -0.05) is 24.6 Å². The lowest BCUT2D eigenvalue weighted by Crippen LogP contribution is -3.13. The third-order valence-electron chi connectivity index (χ3n) is 3.97. The van der Waals surface area contributed by atoms with E-state index in [1.807, 2.05) is 24.3 Å². The van der Waals surface area contributed by atoms with E-state index in [4.69, 9.17) is 16.3 Å². The maximum absolute atomic E-state index is 5.91. The fourth-order valence-electron chi connectivity index (χ4n) is 2.64. The second-order valence-electron chi connectivity index (χ2n) is 5.70. The summed E-state index contributed by atoms with van der Waals surface area (Å²) in [6.45, 7) is 7.18. The molecule has 106 valence electrons. The van der Waals surface area contributed by atoms with Crippen LogP contribution in [0.5, 0.6) is 5.75 Å². The maximum Gasteiger partial charge on any atom is 0.120 e. The third-order valence-corrected chi connectivity index (χ3v) is 4.21. The quantitative estimate of drug-likeness (QED) is 0.792. The molecule has 1 fully saturated rings. The molecule has 1 heterocycles. The van der Waals surface area contributed by atoms with E-state index in [-0.39, 0.29) is 0 Å². The highest BCUT2D eigenvalue weighted by Crippen LogP contribution is 2.17. The molecule has 0 amide bonds. The number of halogens is 1. The molecule has 0 radical (unpaired) electrons. The minimum Gasteiger partial charge on any atom is -0.494 e. The van der Waals surface area contributed by atoms with Crippen molar-refractivity contribution in [2.75, 3.05) is 26.2 Å². The monoisotopic (exact) mass is 282 g/mol. The van der Waals surface area contributed by atoms with Gasteiger partial charge in [0.15, 0.2) is 0 Å². The largest absolute Gasteiger partial charge is 0.494 e. The van der Waals surface area contributed by atoms with Crippen LogP contribution in [0.2, 0.25) is 5.02 Å². The molecule has 0 atom stereocenters. The Hall–Kier alpha value is -0.730. The fourth-order valence-corrected chi connectivity index (χ4v) is 2.82. The molecule has 3 heteroatoms. The van der Waals surface area contributed by atoms with Gasteiger partial charge in [0, 0.05) is 5.02 Å². The van der Waals surface area contributed by atoms with Gasteiger partial charge >= 0.3 is 0 Å². The van der Waals surface area contributed by atoms with E-state index >= 15 is 0 Å². The average molecular weight is 283 g/mol. The van der Waals surface area contributed by atoms with Gasteiger partial charge in [0.2, 0.25) is 0 Å². The van der Waals surface area contributed by atoms with Crippen LogP contribution in [-0.4, -0.2) is 26.2 Å². The normalized spacial score (nSPS) is 23.3. The molecule has 19 heavy (non-hydrogen) atoms. The summed E-state index contributed by atoms with van der Waals surface area (Å²) in [5.74, 6) is 1.82. The summed E-state index contributed by atoms with van der Waals surface area (Å²) >= 11 is 5.91. The van der Waals surface area contributed by atoms with Crippen LogP contribution in [0.1, 0.15) is 32.6 Å². The van der Waals surface area contributed by atoms with Crippen molar-refractivity contribution < 1.29 is 9.64 Å². The standard InChI is InChI=1S/C16H24ClNO/c1-14-7-10-18(11-8-14)9-2-3-12-19-16-6-4-5-15(17)13-16/h4-6,13-14H,2-3,7-12H2,1H3/p+1. The van der Waals surface area contributed by atoms with Crippen LogP contribution in [-0.2, 0) is 0 Å². The SMILES string of the molecule is CC1CC[NH+](CCCCOc2cccc(Cl)c2)CC1. The van der Waals surface area contributed by atoms with Crippen LogP contribution >= 0.6 is 11.6 Å². The first-order valence-corrected chi connectivity index (χ1v) is 7.84. The molecule has 0 bridgehead atoms. The van der Waals surface area contributed by atoms with Crippen molar-refractivity contribution in [3.05, 3.63) is 29.3 Å². The minimum atomic E-state index is 0.740. The Morgan fingerprint density at radius 3 is 2.79 bits per heavy atom. The van der Waals surface area contributed by atoms with Gasteiger partial charge < -0.3 is 9.64 Å². The molecular formula is C16H25ClNO+. The van der Waals surface area contributed by atoms with Crippen LogP contribution in [0, 0.1) is 5.92 Å². The lowest BCUT2D eigenvalue weighted by molar-refractivity contribution is -0.906. The summed E-state index contributed by atoms with van der Waals surface area (Å²) in [6, 6.07) is 7.63. The second kappa shape index (κ2) is 7.76. The van der Waals surface area contributed by atoms with E-state index in [1.165, 1.54) is 38.9 Å². The number of hydrogen-bond donors (Lipinski definition) is 1. The molecule has 1 N–H and O–H groups in total. The molecule has 0 aromatic heterocycles. The third kappa shape index (κ3) is 5.42. The van der Waals surface area contributed by atoms with E-state index in [9.17, 15) is 0 Å². The number of unbranched alkanes of at least 4 members (excludes halogenated alkanes) is 1. The van der Waals surface area contributed by atoms with Crippen molar-refractivity contribution >= 4 is 11.6 Å². The Morgan fingerprint density at radius 2 is 2.05 bits per heavy atom. The molecule has 0 aliphatic carbocycles. The van der Waals surface area contributed by atoms with Crippen LogP contribution < -0.4 is 9.64 Å². The highest BCUT2D eigenvalue weighted by atomic mass is 35.5. The first kappa shape index (κ1) is 14.7. The Bertz CT molecular complexity index is 375. The zero-order valence-corrected chi connectivity index (χ0v) is 12.6. The molecule has 0 saturated carbocycles. The number of benzene rings is 1. The first-order valence-electron chi connectivity index (χ1n) is 7.46. The number of nitrogens with one attached hydrogen (secondary N) is 1. The molecule has 2 nitrogen and oxygen atoms in total. The van der Waals surface area contributed by atoms with Gasteiger partial charge in [0.25, 0.3) is 0 Å². The zero-order valence-electron chi connectivity index (χ0n) is 11.8. The molecule has 1 aromatic carbocycles. The number of ether oxygens (including phenoxy) is 1. The van der Waals surface area contributed by atoms with E-state index < -0.39 is 0 Å². The number of hydrogen-bond acceptors (Lipinski definition) is 1. The highest BCUT2D eigenvalue weighted by Gasteiger charge is 2.17. The summed E-state index contributed by atoms with van der Waals surface area (Å²) in [6.07, 6.45) is 5.18. The van der Waals surface area contributed by atoms with Crippen molar-refractivity contribution in [2.24, 2.45) is 5.92 Å². The Kier molecular flexibility index (Phi) is 5.99. The van der Waals surface area contributed by atoms with Crippen LogP contribution in [0.3, 0.4) is 0 Å². The molecule has 1 saturated heterocycles. The number of likely N-dealkylation sites (tertiary alicyclic amines) is 1. The number of quaternary nitrogens is 1. The van der Waals surface area contributed by atoms with Gasteiger partial charge in [-0.05, 0) is 49.8 Å². The van der Waals surface area contributed by atoms with Gasteiger partial charge in [-0.3, -0.25) is 0 Å². The highest BCUT2D eigenvalue weighted by molar-refractivity contribution is 6.30. The van der Waals surface area contributed by atoms with Crippen molar-refractivity contribution in [2.45, 2.75) is 32.6 Å². The predicted octanol–water partition coefficient (Wildman–Crippen LogP) is 2.81. The summed E-state index contributed by atoms with van der Waals surface area (Å²) in [7, 11) is 0. The van der Waals surface area contributed by atoms with Crippen LogP contribution in [0.25, 0.3) is 0 Å². The summed E-state index contributed by atoms with van der Waals surface area (Å²) in [4.78, 5) is 1.78. The van der Waals surface area contributed by atoms with Gasteiger partial charge in [0.1, 0.15) is 5.75 Å².